The van der Waals surface area contributed by atoms with Crippen LogP contribution in [0.4, 0.5) is 11.4 Å². The van der Waals surface area contributed by atoms with Crippen molar-refractivity contribution in [3.63, 3.8) is 0 Å². The Labute approximate surface area is 102 Å². The van der Waals surface area contributed by atoms with Crippen molar-refractivity contribution in [2.75, 3.05) is 30.4 Å². The maximum Gasteiger partial charge on any atom is 0.101 e. The lowest BCUT2D eigenvalue weighted by atomic mass is 10.0. The zero-order valence-electron chi connectivity index (χ0n) is 10.2. The molecule has 90 valence electrons. The maximum atomic E-state index is 8.86. The first kappa shape index (κ1) is 11.7. The number of anilines is 2. The second kappa shape index (κ2) is 4.27. The summed E-state index contributed by atoms with van der Waals surface area (Å²) >= 11 is 0. The molecule has 4 heteroatoms. The number of rotatable bonds is 1. The van der Waals surface area contributed by atoms with Crippen LogP contribution in [0.25, 0.3) is 0 Å². The first-order valence-corrected chi connectivity index (χ1v) is 5.69. The van der Waals surface area contributed by atoms with Gasteiger partial charge in [0.05, 0.1) is 30.0 Å². The van der Waals surface area contributed by atoms with Gasteiger partial charge in [-0.25, -0.2) is 0 Å². The third-order valence-corrected chi connectivity index (χ3v) is 3.11. The van der Waals surface area contributed by atoms with Gasteiger partial charge in [0.1, 0.15) is 6.07 Å². The number of hydrogen-bond acceptors (Lipinski definition) is 4. The van der Waals surface area contributed by atoms with Crippen LogP contribution in [-0.2, 0) is 4.74 Å². The number of nitrogens with zero attached hydrogens (tertiary/aromatic N) is 2. The SMILES string of the molecule is CC1(C)COCCN1c1ccc(C#N)c(N)c1. The molecule has 0 aromatic heterocycles. The second-order valence-corrected chi connectivity index (χ2v) is 4.90. The molecule has 1 saturated heterocycles. The lowest BCUT2D eigenvalue weighted by Crippen LogP contribution is -2.53. The summed E-state index contributed by atoms with van der Waals surface area (Å²) in [7, 11) is 0. The minimum atomic E-state index is -0.0428. The summed E-state index contributed by atoms with van der Waals surface area (Å²) in [6.45, 7) is 6.55. The van der Waals surface area contributed by atoms with E-state index < -0.39 is 0 Å². The predicted molar refractivity (Wildman–Crippen MR) is 67.8 cm³/mol. The first-order chi connectivity index (χ1) is 8.04. The highest BCUT2D eigenvalue weighted by Gasteiger charge is 2.30. The number of hydrogen-bond donors (Lipinski definition) is 1. The van der Waals surface area contributed by atoms with Crippen molar-refractivity contribution >= 4 is 11.4 Å². The van der Waals surface area contributed by atoms with Crippen molar-refractivity contribution < 1.29 is 4.74 Å². The van der Waals surface area contributed by atoms with Crippen molar-refractivity contribution in [2.24, 2.45) is 0 Å². The molecule has 4 nitrogen and oxygen atoms in total. The molecule has 0 radical (unpaired) electrons. The van der Waals surface area contributed by atoms with Crippen LogP contribution in [0.2, 0.25) is 0 Å². The van der Waals surface area contributed by atoms with Gasteiger partial charge in [-0.3, -0.25) is 0 Å². The Balaban J connectivity index is 2.34. The standard InChI is InChI=1S/C13H17N3O/c1-13(2)9-17-6-5-16(13)11-4-3-10(8-14)12(15)7-11/h3-4,7H,5-6,9,15H2,1-2H3. The molecule has 1 aliphatic rings. The summed E-state index contributed by atoms with van der Waals surface area (Å²) in [5.74, 6) is 0. The van der Waals surface area contributed by atoms with E-state index in [1.807, 2.05) is 12.1 Å². The lowest BCUT2D eigenvalue weighted by Gasteiger charge is -2.43. The quantitative estimate of drug-likeness (QED) is 0.748. The molecule has 0 bridgehead atoms. The van der Waals surface area contributed by atoms with Crippen LogP contribution < -0.4 is 10.6 Å². The van der Waals surface area contributed by atoms with Gasteiger partial charge in [0, 0.05) is 12.2 Å². The van der Waals surface area contributed by atoms with Crippen LogP contribution in [0.5, 0.6) is 0 Å². The molecule has 0 unspecified atom stereocenters. The number of benzene rings is 1. The van der Waals surface area contributed by atoms with Gasteiger partial charge in [0.25, 0.3) is 0 Å². The van der Waals surface area contributed by atoms with E-state index in [1.165, 1.54) is 0 Å². The minimum Gasteiger partial charge on any atom is -0.398 e. The summed E-state index contributed by atoms with van der Waals surface area (Å²) < 4.78 is 5.49. The topological polar surface area (TPSA) is 62.3 Å². The van der Waals surface area contributed by atoms with Crippen LogP contribution in [0.3, 0.4) is 0 Å². The third kappa shape index (κ3) is 2.20. The maximum absolute atomic E-state index is 8.86. The minimum absolute atomic E-state index is 0.0428. The normalized spacial score (nSPS) is 18.8. The Bertz CT molecular complexity index is 462. The van der Waals surface area contributed by atoms with Crippen molar-refractivity contribution in [1.29, 1.82) is 5.26 Å². The van der Waals surface area contributed by atoms with E-state index in [0.717, 1.165) is 18.8 Å². The van der Waals surface area contributed by atoms with Crippen LogP contribution in [0, 0.1) is 11.3 Å². The fraction of sp³-hybridized carbons (Fsp3) is 0.462. The molecule has 0 atom stereocenters. The van der Waals surface area contributed by atoms with Crippen LogP contribution in [0.1, 0.15) is 19.4 Å². The highest BCUT2D eigenvalue weighted by molar-refractivity contribution is 5.64. The third-order valence-electron chi connectivity index (χ3n) is 3.11. The van der Waals surface area contributed by atoms with E-state index in [-0.39, 0.29) is 5.54 Å². The van der Waals surface area contributed by atoms with Crippen molar-refractivity contribution in [1.82, 2.24) is 0 Å². The monoisotopic (exact) mass is 231 g/mol. The Kier molecular flexibility index (Phi) is 2.95. The molecule has 2 rings (SSSR count). The molecule has 1 aliphatic heterocycles. The number of nitriles is 1. The second-order valence-electron chi connectivity index (χ2n) is 4.90. The van der Waals surface area contributed by atoms with Crippen LogP contribution >= 0.6 is 0 Å². The van der Waals surface area contributed by atoms with Gasteiger partial charge in [-0.05, 0) is 32.0 Å². The van der Waals surface area contributed by atoms with Gasteiger partial charge in [0.15, 0.2) is 0 Å². The highest BCUT2D eigenvalue weighted by atomic mass is 16.5. The fourth-order valence-electron chi connectivity index (χ4n) is 2.16. The molecule has 1 aromatic carbocycles. The molecular formula is C13H17N3O. The Morgan fingerprint density at radius 3 is 2.82 bits per heavy atom. The molecule has 17 heavy (non-hydrogen) atoms. The number of morpholine rings is 1. The Hall–Kier alpha value is -1.73. The largest absolute Gasteiger partial charge is 0.398 e. The molecule has 0 aliphatic carbocycles. The van der Waals surface area contributed by atoms with Gasteiger partial charge in [-0.2, -0.15) is 5.26 Å². The van der Waals surface area contributed by atoms with Crippen molar-refractivity contribution in [3.05, 3.63) is 23.8 Å². The van der Waals surface area contributed by atoms with E-state index in [1.54, 1.807) is 6.07 Å². The van der Waals surface area contributed by atoms with Gasteiger partial charge < -0.3 is 15.4 Å². The molecule has 1 fully saturated rings. The molecule has 0 spiro atoms. The Morgan fingerprint density at radius 1 is 1.47 bits per heavy atom. The van der Waals surface area contributed by atoms with Gasteiger partial charge in [0.2, 0.25) is 0 Å². The molecule has 0 saturated carbocycles. The lowest BCUT2D eigenvalue weighted by molar-refractivity contribution is 0.0644. The molecule has 0 amide bonds. The van der Waals surface area contributed by atoms with E-state index in [0.29, 0.717) is 17.9 Å². The van der Waals surface area contributed by atoms with Crippen LogP contribution in [0.15, 0.2) is 18.2 Å². The van der Waals surface area contributed by atoms with Crippen molar-refractivity contribution in [3.8, 4) is 6.07 Å². The fourth-order valence-corrected chi connectivity index (χ4v) is 2.16. The molecule has 1 heterocycles. The molecular weight excluding hydrogens is 214 g/mol. The number of nitrogen functional groups attached to an aromatic ring is 1. The molecule has 2 N–H and O–H groups in total. The summed E-state index contributed by atoms with van der Waals surface area (Å²) in [6, 6.07) is 7.67. The van der Waals surface area contributed by atoms with Gasteiger partial charge >= 0.3 is 0 Å². The smallest absolute Gasteiger partial charge is 0.101 e. The van der Waals surface area contributed by atoms with E-state index in [4.69, 9.17) is 15.7 Å². The zero-order chi connectivity index (χ0) is 12.5. The summed E-state index contributed by atoms with van der Waals surface area (Å²) in [5.41, 5.74) is 7.92. The highest BCUT2D eigenvalue weighted by Crippen LogP contribution is 2.29. The van der Waals surface area contributed by atoms with E-state index >= 15 is 0 Å². The predicted octanol–water partition coefficient (Wildman–Crippen LogP) is 1.76. The Morgan fingerprint density at radius 2 is 2.24 bits per heavy atom. The molecule has 1 aromatic rings. The summed E-state index contributed by atoms with van der Waals surface area (Å²) in [5, 5.41) is 8.86. The van der Waals surface area contributed by atoms with Crippen LogP contribution in [-0.4, -0.2) is 25.3 Å². The number of ether oxygens (including phenoxy) is 1. The van der Waals surface area contributed by atoms with E-state index in [9.17, 15) is 0 Å². The summed E-state index contributed by atoms with van der Waals surface area (Å²) in [4.78, 5) is 2.27. The van der Waals surface area contributed by atoms with Gasteiger partial charge in [-0.15, -0.1) is 0 Å². The van der Waals surface area contributed by atoms with Gasteiger partial charge in [-0.1, -0.05) is 0 Å². The zero-order valence-corrected chi connectivity index (χ0v) is 10.2. The average molecular weight is 231 g/mol. The number of nitrogens with two attached hydrogens (primary N) is 1. The average Bonchev–Trinajstić information content (AvgIpc) is 2.28. The van der Waals surface area contributed by atoms with E-state index in [2.05, 4.69) is 24.8 Å². The first-order valence-electron chi connectivity index (χ1n) is 5.69. The summed E-state index contributed by atoms with van der Waals surface area (Å²) in [6.07, 6.45) is 0. The van der Waals surface area contributed by atoms with Crippen molar-refractivity contribution in [2.45, 2.75) is 19.4 Å².